The number of rotatable bonds is 6. The molecule has 6 rings (SSSR count). The first-order chi connectivity index (χ1) is 13.8. The van der Waals surface area contributed by atoms with Crippen LogP contribution in [0.4, 0.5) is 11.5 Å². The van der Waals surface area contributed by atoms with Gasteiger partial charge in [-0.3, -0.25) is 4.98 Å². The van der Waals surface area contributed by atoms with E-state index >= 15 is 0 Å². The molecule has 3 fully saturated rings. The highest BCUT2D eigenvalue weighted by molar-refractivity contribution is 5.70. The van der Waals surface area contributed by atoms with Gasteiger partial charge < -0.3 is 10.6 Å². The van der Waals surface area contributed by atoms with Gasteiger partial charge in [0.15, 0.2) is 5.82 Å². The number of anilines is 2. The minimum Gasteiger partial charge on any atom is -0.376 e. The van der Waals surface area contributed by atoms with Crippen molar-refractivity contribution in [2.75, 3.05) is 10.6 Å². The second-order valence-electron chi connectivity index (χ2n) is 8.79. The molecule has 3 saturated carbocycles. The molecule has 3 aliphatic carbocycles. The van der Waals surface area contributed by atoms with Crippen LogP contribution < -0.4 is 10.6 Å². The maximum absolute atomic E-state index is 4.85. The molecule has 0 unspecified atom stereocenters. The maximum atomic E-state index is 4.85. The van der Waals surface area contributed by atoms with Crippen molar-refractivity contribution in [3.63, 3.8) is 0 Å². The van der Waals surface area contributed by atoms with Crippen LogP contribution in [0.2, 0.25) is 0 Å². The van der Waals surface area contributed by atoms with E-state index in [9.17, 15) is 0 Å². The van der Waals surface area contributed by atoms with E-state index < -0.39 is 0 Å². The molecule has 0 aliphatic heterocycles. The lowest BCUT2D eigenvalue weighted by atomic mass is 9.54. The predicted molar refractivity (Wildman–Crippen MR) is 107 cm³/mol. The molecule has 0 amide bonds. The van der Waals surface area contributed by atoms with Gasteiger partial charge in [0.05, 0.1) is 17.9 Å². The fraction of sp³-hybridized carbons (Fsp3) is 0.524. The standard InChI is InChI=1S/C21H25N7/c1-2-9-22-15(4-1)13-23-17-10-18(24-16-11-21(12-16)7-3-8-21)27-28-19(14-5-6-14)25-26-20(17)28/h1-2,4,9-10,14,16,23H,3,5-8,11-13H2,(H,24,27). The highest BCUT2D eigenvalue weighted by atomic mass is 15.4. The van der Waals surface area contributed by atoms with Gasteiger partial charge >= 0.3 is 0 Å². The third-order valence-corrected chi connectivity index (χ3v) is 6.65. The molecule has 3 heterocycles. The Morgan fingerprint density at radius 1 is 1.14 bits per heavy atom. The van der Waals surface area contributed by atoms with Crippen LogP contribution in [-0.2, 0) is 6.54 Å². The van der Waals surface area contributed by atoms with E-state index in [1.807, 2.05) is 28.9 Å². The SMILES string of the molecule is c1ccc(CNc2cc(NC3CC4(CCC4)C3)nn3c(C4CC4)nnc23)nc1. The van der Waals surface area contributed by atoms with Gasteiger partial charge in [0.2, 0.25) is 5.65 Å². The summed E-state index contributed by atoms with van der Waals surface area (Å²) in [6.45, 7) is 0.651. The molecule has 0 atom stereocenters. The van der Waals surface area contributed by atoms with E-state index in [2.05, 4.69) is 31.9 Å². The van der Waals surface area contributed by atoms with Crippen LogP contribution in [0.5, 0.6) is 0 Å². The minimum atomic E-state index is 0.503. The van der Waals surface area contributed by atoms with Gasteiger partial charge in [-0.05, 0) is 56.1 Å². The molecule has 0 aromatic carbocycles. The van der Waals surface area contributed by atoms with E-state index in [-0.39, 0.29) is 0 Å². The fourth-order valence-corrected chi connectivity index (χ4v) is 4.76. The summed E-state index contributed by atoms with van der Waals surface area (Å²) in [6.07, 6.45) is 11.0. The van der Waals surface area contributed by atoms with E-state index in [1.54, 1.807) is 0 Å². The summed E-state index contributed by atoms with van der Waals surface area (Å²) in [5.41, 5.74) is 3.41. The van der Waals surface area contributed by atoms with E-state index in [0.717, 1.165) is 28.7 Å². The highest BCUT2D eigenvalue weighted by Gasteiger charge is 2.48. The lowest BCUT2D eigenvalue weighted by molar-refractivity contribution is 0.0191. The quantitative estimate of drug-likeness (QED) is 0.683. The molecule has 1 spiro atoms. The monoisotopic (exact) mass is 375 g/mol. The van der Waals surface area contributed by atoms with E-state index in [4.69, 9.17) is 5.10 Å². The molecular formula is C21H25N7. The highest BCUT2D eigenvalue weighted by Crippen LogP contribution is 2.56. The number of aromatic nitrogens is 5. The Hall–Kier alpha value is -2.70. The number of nitrogens with zero attached hydrogens (tertiary/aromatic N) is 5. The van der Waals surface area contributed by atoms with Crippen LogP contribution in [-0.4, -0.2) is 30.8 Å². The molecule has 3 aromatic heterocycles. The number of fused-ring (bicyclic) bond motifs is 1. The van der Waals surface area contributed by atoms with Crippen molar-refractivity contribution in [3.05, 3.63) is 42.0 Å². The summed E-state index contributed by atoms with van der Waals surface area (Å²) in [5, 5.41) is 20.9. The Labute approximate surface area is 164 Å². The molecule has 3 aromatic rings. The van der Waals surface area contributed by atoms with Gasteiger partial charge in [-0.1, -0.05) is 12.5 Å². The summed E-state index contributed by atoms with van der Waals surface area (Å²) >= 11 is 0. The van der Waals surface area contributed by atoms with Crippen molar-refractivity contribution < 1.29 is 0 Å². The Morgan fingerprint density at radius 3 is 2.75 bits per heavy atom. The lowest BCUT2D eigenvalue weighted by Crippen LogP contribution is -2.49. The largest absolute Gasteiger partial charge is 0.376 e. The zero-order valence-electron chi connectivity index (χ0n) is 15.9. The normalized spacial score (nSPS) is 20.7. The van der Waals surface area contributed by atoms with Crippen molar-refractivity contribution in [3.8, 4) is 0 Å². The molecule has 2 N–H and O–H groups in total. The van der Waals surface area contributed by atoms with Crippen LogP contribution in [0.25, 0.3) is 5.65 Å². The first-order valence-electron chi connectivity index (χ1n) is 10.4. The predicted octanol–water partition coefficient (Wildman–Crippen LogP) is 3.75. The molecule has 0 radical (unpaired) electrons. The topological polar surface area (TPSA) is 80.0 Å². The zero-order chi connectivity index (χ0) is 18.6. The lowest BCUT2D eigenvalue weighted by Gasteiger charge is -2.54. The van der Waals surface area contributed by atoms with Gasteiger partial charge in [0.1, 0.15) is 5.82 Å². The summed E-state index contributed by atoms with van der Waals surface area (Å²) < 4.78 is 1.94. The molecular weight excluding hydrogens is 350 g/mol. The zero-order valence-corrected chi connectivity index (χ0v) is 15.9. The van der Waals surface area contributed by atoms with E-state index in [0.29, 0.717) is 23.9 Å². The summed E-state index contributed by atoms with van der Waals surface area (Å²) in [7, 11) is 0. The molecule has 0 saturated heterocycles. The van der Waals surface area contributed by atoms with Crippen LogP contribution in [0.15, 0.2) is 30.5 Å². The van der Waals surface area contributed by atoms with Crippen LogP contribution in [0.3, 0.4) is 0 Å². The summed E-state index contributed by atoms with van der Waals surface area (Å²) in [4.78, 5) is 4.41. The van der Waals surface area contributed by atoms with Gasteiger partial charge in [0, 0.05) is 24.2 Å². The second-order valence-corrected chi connectivity index (χ2v) is 8.79. The average molecular weight is 375 g/mol. The van der Waals surface area contributed by atoms with Crippen molar-refractivity contribution in [2.24, 2.45) is 5.41 Å². The number of hydrogen-bond donors (Lipinski definition) is 2. The Kier molecular flexibility index (Phi) is 3.58. The molecule has 144 valence electrons. The smallest absolute Gasteiger partial charge is 0.201 e. The van der Waals surface area contributed by atoms with Gasteiger partial charge in [-0.25, -0.2) is 0 Å². The Morgan fingerprint density at radius 2 is 2.04 bits per heavy atom. The van der Waals surface area contributed by atoms with Crippen molar-refractivity contribution in [1.82, 2.24) is 24.8 Å². The average Bonchev–Trinajstić information content (AvgIpc) is 3.41. The van der Waals surface area contributed by atoms with Gasteiger partial charge in [0.25, 0.3) is 0 Å². The molecule has 3 aliphatic rings. The van der Waals surface area contributed by atoms with Crippen LogP contribution in [0, 0.1) is 5.41 Å². The number of hydrogen-bond acceptors (Lipinski definition) is 6. The Bertz CT molecular complexity index is 996. The first-order valence-corrected chi connectivity index (χ1v) is 10.4. The second kappa shape index (κ2) is 6.15. The van der Waals surface area contributed by atoms with Crippen molar-refractivity contribution in [1.29, 1.82) is 0 Å². The first kappa shape index (κ1) is 16.3. The maximum Gasteiger partial charge on any atom is 0.201 e. The number of pyridine rings is 1. The number of nitrogens with one attached hydrogen (secondary N) is 2. The molecule has 28 heavy (non-hydrogen) atoms. The minimum absolute atomic E-state index is 0.503. The molecule has 0 bridgehead atoms. The Balaban J connectivity index is 1.28. The van der Waals surface area contributed by atoms with Crippen LogP contribution in [0.1, 0.15) is 62.4 Å². The summed E-state index contributed by atoms with van der Waals surface area (Å²) in [6, 6.07) is 8.58. The van der Waals surface area contributed by atoms with Gasteiger partial charge in [-0.2, -0.15) is 4.52 Å². The molecule has 7 nitrogen and oxygen atoms in total. The van der Waals surface area contributed by atoms with Gasteiger partial charge in [-0.15, -0.1) is 15.3 Å². The summed E-state index contributed by atoms with van der Waals surface area (Å²) in [5.74, 6) is 2.41. The fourth-order valence-electron chi connectivity index (χ4n) is 4.76. The van der Waals surface area contributed by atoms with Crippen molar-refractivity contribution in [2.45, 2.75) is 63.5 Å². The molecule has 7 heteroatoms. The van der Waals surface area contributed by atoms with Crippen molar-refractivity contribution >= 4 is 17.2 Å². The third kappa shape index (κ3) is 2.80. The van der Waals surface area contributed by atoms with Crippen LogP contribution >= 0.6 is 0 Å². The van der Waals surface area contributed by atoms with E-state index in [1.165, 1.54) is 44.9 Å². The third-order valence-electron chi connectivity index (χ3n) is 6.65.